The van der Waals surface area contributed by atoms with Crippen LogP contribution in [0.25, 0.3) is 0 Å². The third-order valence-electron chi connectivity index (χ3n) is 6.40. The van der Waals surface area contributed by atoms with Crippen LogP contribution in [0.1, 0.15) is 28.7 Å². The van der Waals surface area contributed by atoms with Crippen molar-refractivity contribution in [3.63, 3.8) is 0 Å². The van der Waals surface area contributed by atoms with Crippen LogP contribution in [-0.2, 0) is 22.9 Å². The van der Waals surface area contributed by atoms with Crippen LogP contribution < -0.4 is 15.4 Å². The summed E-state index contributed by atoms with van der Waals surface area (Å²) in [6, 6.07) is 13.1. The molecule has 0 aliphatic carbocycles. The van der Waals surface area contributed by atoms with E-state index in [1.807, 2.05) is 0 Å². The van der Waals surface area contributed by atoms with E-state index < -0.39 is 47.0 Å². The minimum Gasteiger partial charge on any atom is -0.494 e. The van der Waals surface area contributed by atoms with Crippen molar-refractivity contribution in [2.75, 3.05) is 13.7 Å². The topological polar surface area (TPSA) is 50.4 Å². The molecule has 0 unspecified atom stereocenters. The summed E-state index contributed by atoms with van der Waals surface area (Å²) in [5, 5.41) is 5.52. The fourth-order valence-corrected chi connectivity index (χ4v) is 4.58. The Bertz CT molecular complexity index is 1270. The molecule has 4 rings (SSSR count). The second-order valence-electron chi connectivity index (χ2n) is 8.93. The standard InChI is InChI=1S/C27H24F6N2O2/c1-37-24-12-17(7-8-22(24)30)26(14-16-5-3-2-4-6-16,35-25(36)23-13-21(29)15-34-23)18-9-19(27(31,32)33)11-20(28)10-18/h2-12,21,23,34H,13-15H2,1H3,(H,35,36)/t21-,23-,26+/m0/s1. The van der Waals surface area contributed by atoms with Gasteiger partial charge in [-0.1, -0.05) is 36.4 Å². The third kappa shape index (κ3) is 5.74. The van der Waals surface area contributed by atoms with E-state index in [1.54, 1.807) is 30.3 Å². The summed E-state index contributed by atoms with van der Waals surface area (Å²) in [4.78, 5) is 13.4. The first-order valence-corrected chi connectivity index (χ1v) is 11.5. The van der Waals surface area contributed by atoms with Crippen LogP contribution in [0.15, 0.2) is 66.7 Å². The lowest BCUT2D eigenvalue weighted by atomic mass is 9.77. The molecule has 37 heavy (non-hydrogen) atoms. The molecule has 0 bridgehead atoms. The van der Waals surface area contributed by atoms with Gasteiger partial charge in [-0.15, -0.1) is 0 Å². The van der Waals surface area contributed by atoms with Crippen molar-refractivity contribution < 1.29 is 35.9 Å². The van der Waals surface area contributed by atoms with Crippen LogP contribution in [0.3, 0.4) is 0 Å². The van der Waals surface area contributed by atoms with Gasteiger partial charge < -0.3 is 15.4 Å². The van der Waals surface area contributed by atoms with Gasteiger partial charge in [-0.25, -0.2) is 13.2 Å². The smallest absolute Gasteiger partial charge is 0.416 e. The fourth-order valence-electron chi connectivity index (χ4n) is 4.58. The fraction of sp³-hybridized carbons (Fsp3) is 0.296. The van der Waals surface area contributed by atoms with E-state index >= 15 is 0 Å². The number of halogens is 6. The molecular formula is C27H24F6N2O2. The van der Waals surface area contributed by atoms with Gasteiger partial charge in [-0.3, -0.25) is 4.79 Å². The molecule has 3 aromatic carbocycles. The Morgan fingerprint density at radius 3 is 2.32 bits per heavy atom. The maximum Gasteiger partial charge on any atom is 0.416 e. The highest BCUT2D eigenvalue weighted by Crippen LogP contribution is 2.39. The Balaban J connectivity index is 1.97. The van der Waals surface area contributed by atoms with Gasteiger partial charge in [0.15, 0.2) is 11.6 Å². The highest BCUT2D eigenvalue weighted by atomic mass is 19.4. The van der Waals surface area contributed by atoms with Gasteiger partial charge in [0.05, 0.1) is 24.3 Å². The molecule has 196 valence electrons. The van der Waals surface area contributed by atoms with E-state index in [4.69, 9.17) is 4.74 Å². The molecule has 1 heterocycles. The number of amides is 1. The minimum atomic E-state index is -4.88. The largest absolute Gasteiger partial charge is 0.494 e. The van der Waals surface area contributed by atoms with E-state index in [0.717, 1.165) is 18.2 Å². The van der Waals surface area contributed by atoms with Crippen LogP contribution >= 0.6 is 0 Å². The first-order valence-electron chi connectivity index (χ1n) is 11.5. The monoisotopic (exact) mass is 522 g/mol. The van der Waals surface area contributed by atoms with Crippen molar-refractivity contribution in [1.29, 1.82) is 0 Å². The van der Waals surface area contributed by atoms with Gasteiger partial charge in [0.1, 0.15) is 12.0 Å². The quantitative estimate of drug-likeness (QED) is 0.415. The van der Waals surface area contributed by atoms with Gasteiger partial charge in [0, 0.05) is 19.4 Å². The summed E-state index contributed by atoms with van der Waals surface area (Å²) < 4.78 is 89.1. The Morgan fingerprint density at radius 2 is 1.70 bits per heavy atom. The number of alkyl halides is 4. The molecular weight excluding hydrogens is 498 g/mol. The zero-order valence-electron chi connectivity index (χ0n) is 19.7. The van der Waals surface area contributed by atoms with E-state index in [9.17, 15) is 31.1 Å². The molecule has 10 heteroatoms. The first kappa shape index (κ1) is 26.5. The molecule has 2 N–H and O–H groups in total. The molecule has 1 amide bonds. The van der Waals surface area contributed by atoms with E-state index in [2.05, 4.69) is 10.6 Å². The number of carbonyl (C=O) groups is 1. The predicted octanol–water partition coefficient (Wildman–Crippen LogP) is 5.29. The zero-order valence-corrected chi connectivity index (χ0v) is 19.7. The van der Waals surface area contributed by atoms with E-state index in [-0.39, 0.29) is 36.3 Å². The number of nitrogens with one attached hydrogen (secondary N) is 2. The van der Waals surface area contributed by atoms with Crippen molar-refractivity contribution in [3.8, 4) is 5.75 Å². The normalized spacial score (nSPS) is 19.3. The second kappa shape index (κ2) is 10.5. The number of methoxy groups -OCH3 is 1. The zero-order chi connectivity index (χ0) is 26.8. The van der Waals surface area contributed by atoms with Crippen molar-refractivity contribution in [1.82, 2.24) is 10.6 Å². The van der Waals surface area contributed by atoms with Crippen molar-refractivity contribution >= 4 is 5.91 Å². The van der Waals surface area contributed by atoms with E-state index in [1.165, 1.54) is 19.2 Å². The summed E-state index contributed by atoms with van der Waals surface area (Å²) in [5.74, 6) is -2.83. The number of carbonyl (C=O) groups excluding carboxylic acids is 1. The molecule has 1 aliphatic rings. The second-order valence-corrected chi connectivity index (χ2v) is 8.93. The highest BCUT2D eigenvalue weighted by molar-refractivity contribution is 5.84. The van der Waals surface area contributed by atoms with Crippen LogP contribution in [0.5, 0.6) is 5.75 Å². The maximum atomic E-state index is 14.7. The highest BCUT2D eigenvalue weighted by Gasteiger charge is 2.42. The molecule has 0 aromatic heterocycles. The Labute approximate surface area is 209 Å². The molecule has 1 fully saturated rings. The predicted molar refractivity (Wildman–Crippen MR) is 125 cm³/mol. The summed E-state index contributed by atoms with van der Waals surface area (Å²) in [7, 11) is 1.22. The third-order valence-corrected chi connectivity index (χ3v) is 6.40. The summed E-state index contributed by atoms with van der Waals surface area (Å²) >= 11 is 0. The summed E-state index contributed by atoms with van der Waals surface area (Å²) in [5.41, 5.74) is -2.55. The Kier molecular flexibility index (Phi) is 7.49. The van der Waals surface area contributed by atoms with Gasteiger partial charge in [0.2, 0.25) is 5.91 Å². The molecule has 1 saturated heterocycles. The molecule has 4 nitrogen and oxygen atoms in total. The average Bonchev–Trinajstić information content (AvgIpc) is 3.30. The van der Waals surface area contributed by atoms with Gasteiger partial charge in [-0.05, 0) is 47.0 Å². The average molecular weight is 522 g/mol. The first-order chi connectivity index (χ1) is 17.5. The van der Waals surface area contributed by atoms with Crippen LogP contribution in [0.2, 0.25) is 0 Å². The SMILES string of the molecule is COc1cc([C@@](Cc2ccccc2)(NC(=O)[C@@H]2C[C@H](F)CN2)c2cc(F)cc(C(F)(F)F)c2)ccc1F. The van der Waals surface area contributed by atoms with Gasteiger partial charge in [0.25, 0.3) is 0 Å². The number of ether oxygens (including phenoxy) is 1. The van der Waals surface area contributed by atoms with Crippen LogP contribution in [0, 0.1) is 11.6 Å². The maximum absolute atomic E-state index is 14.7. The van der Waals surface area contributed by atoms with E-state index in [0.29, 0.717) is 11.6 Å². The number of hydrogen-bond donors (Lipinski definition) is 2. The molecule has 3 atom stereocenters. The molecule has 0 spiro atoms. The lowest BCUT2D eigenvalue weighted by Crippen LogP contribution is -2.53. The molecule has 0 radical (unpaired) electrons. The minimum absolute atomic E-state index is 0.0632. The number of hydrogen-bond acceptors (Lipinski definition) is 3. The summed E-state index contributed by atoms with van der Waals surface area (Å²) in [6.45, 7) is -0.0632. The molecule has 3 aromatic rings. The Morgan fingerprint density at radius 1 is 1.00 bits per heavy atom. The lowest BCUT2D eigenvalue weighted by molar-refractivity contribution is -0.137. The molecule has 0 saturated carbocycles. The number of benzene rings is 3. The Hall–Kier alpha value is -3.53. The lowest BCUT2D eigenvalue weighted by Gasteiger charge is -2.38. The van der Waals surface area contributed by atoms with Gasteiger partial charge >= 0.3 is 6.18 Å². The van der Waals surface area contributed by atoms with Crippen molar-refractivity contribution in [3.05, 3.63) is 101 Å². The van der Waals surface area contributed by atoms with Gasteiger partial charge in [-0.2, -0.15) is 13.2 Å². The summed E-state index contributed by atoms with van der Waals surface area (Å²) in [6.07, 6.45) is -6.43. The van der Waals surface area contributed by atoms with Crippen molar-refractivity contribution in [2.45, 2.75) is 36.8 Å². The molecule has 1 aliphatic heterocycles. The van der Waals surface area contributed by atoms with Crippen LogP contribution in [-0.4, -0.2) is 31.8 Å². The van der Waals surface area contributed by atoms with Crippen LogP contribution in [0.4, 0.5) is 26.3 Å². The number of rotatable bonds is 7. The van der Waals surface area contributed by atoms with Crippen molar-refractivity contribution in [2.24, 2.45) is 0 Å².